The van der Waals surface area contributed by atoms with Crippen LogP contribution in [-0.2, 0) is 6.54 Å². The summed E-state index contributed by atoms with van der Waals surface area (Å²) >= 11 is 0. The van der Waals surface area contributed by atoms with Gasteiger partial charge in [-0.05, 0) is 19.1 Å². The van der Waals surface area contributed by atoms with Crippen molar-refractivity contribution in [3.63, 3.8) is 0 Å². The molecular weight excluding hydrogens is 360 g/mol. The fourth-order valence-electron chi connectivity index (χ4n) is 3.31. The number of hydrogen-bond acceptors (Lipinski definition) is 8. The Morgan fingerprint density at radius 1 is 1.18 bits per heavy atom. The molecule has 28 heavy (non-hydrogen) atoms. The van der Waals surface area contributed by atoms with Crippen LogP contribution in [0.3, 0.4) is 0 Å². The van der Waals surface area contributed by atoms with Crippen LogP contribution in [0.1, 0.15) is 17.6 Å². The SMILES string of the molecule is COc1ncnn2ccc(-c3cnc4nc(C)n(Cc5nnc(C)o5)c4c3)c12. The molecule has 10 heteroatoms. The first-order chi connectivity index (χ1) is 13.6. The summed E-state index contributed by atoms with van der Waals surface area (Å²) in [6.07, 6.45) is 5.11. The highest BCUT2D eigenvalue weighted by Gasteiger charge is 2.16. The van der Waals surface area contributed by atoms with Crippen molar-refractivity contribution in [2.24, 2.45) is 0 Å². The second-order valence-corrected chi connectivity index (χ2v) is 6.32. The first-order valence-electron chi connectivity index (χ1n) is 8.62. The highest BCUT2D eigenvalue weighted by molar-refractivity contribution is 5.87. The van der Waals surface area contributed by atoms with Crippen molar-refractivity contribution in [2.75, 3.05) is 7.11 Å². The van der Waals surface area contributed by atoms with Gasteiger partial charge in [0.2, 0.25) is 17.7 Å². The second kappa shape index (κ2) is 6.12. The van der Waals surface area contributed by atoms with Gasteiger partial charge in [0.1, 0.15) is 24.2 Å². The fraction of sp³-hybridized carbons (Fsp3) is 0.222. The van der Waals surface area contributed by atoms with Crippen LogP contribution in [0.25, 0.3) is 27.8 Å². The Morgan fingerprint density at radius 3 is 2.86 bits per heavy atom. The number of nitrogens with zero attached hydrogens (tertiary/aromatic N) is 8. The van der Waals surface area contributed by atoms with E-state index in [-0.39, 0.29) is 0 Å². The maximum Gasteiger partial charge on any atom is 0.241 e. The molecule has 0 atom stereocenters. The summed E-state index contributed by atoms with van der Waals surface area (Å²) < 4.78 is 14.7. The molecule has 5 heterocycles. The molecule has 0 aliphatic heterocycles. The van der Waals surface area contributed by atoms with E-state index in [4.69, 9.17) is 9.15 Å². The Balaban J connectivity index is 1.67. The van der Waals surface area contributed by atoms with Gasteiger partial charge in [-0.15, -0.1) is 10.2 Å². The van der Waals surface area contributed by atoms with Crippen LogP contribution in [0.5, 0.6) is 5.88 Å². The average Bonchev–Trinajstić information content (AvgIpc) is 3.39. The van der Waals surface area contributed by atoms with Crippen LogP contribution in [-0.4, -0.2) is 46.4 Å². The van der Waals surface area contributed by atoms with Crippen LogP contribution in [0.15, 0.2) is 35.3 Å². The van der Waals surface area contributed by atoms with Gasteiger partial charge in [0.25, 0.3) is 0 Å². The first-order valence-corrected chi connectivity index (χ1v) is 8.62. The second-order valence-electron chi connectivity index (χ2n) is 6.32. The van der Waals surface area contributed by atoms with E-state index >= 15 is 0 Å². The topological polar surface area (TPSA) is 109 Å². The third-order valence-corrected chi connectivity index (χ3v) is 4.58. The summed E-state index contributed by atoms with van der Waals surface area (Å²) in [5.74, 6) is 2.37. The quantitative estimate of drug-likeness (QED) is 0.469. The van der Waals surface area contributed by atoms with Gasteiger partial charge in [0.15, 0.2) is 5.65 Å². The zero-order chi connectivity index (χ0) is 19.3. The molecular formula is C18H16N8O2. The zero-order valence-electron chi connectivity index (χ0n) is 15.5. The molecule has 0 N–H and O–H groups in total. The van der Waals surface area contributed by atoms with Crippen LogP contribution in [0, 0.1) is 13.8 Å². The van der Waals surface area contributed by atoms with Gasteiger partial charge < -0.3 is 13.7 Å². The lowest BCUT2D eigenvalue weighted by Gasteiger charge is -2.06. The van der Waals surface area contributed by atoms with Crippen molar-refractivity contribution >= 4 is 16.7 Å². The van der Waals surface area contributed by atoms with Gasteiger partial charge in [-0.1, -0.05) is 0 Å². The Morgan fingerprint density at radius 2 is 2.07 bits per heavy atom. The van der Waals surface area contributed by atoms with E-state index in [1.807, 2.05) is 29.8 Å². The summed E-state index contributed by atoms with van der Waals surface area (Å²) in [4.78, 5) is 13.3. The van der Waals surface area contributed by atoms with Crippen LogP contribution in [0.4, 0.5) is 0 Å². The minimum absolute atomic E-state index is 0.428. The largest absolute Gasteiger partial charge is 0.479 e. The number of rotatable bonds is 4. The number of hydrogen-bond donors (Lipinski definition) is 0. The molecule has 0 spiro atoms. The predicted molar refractivity (Wildman–Crippen MR) is 98.9 cm³/mol. The number of ether oxygens (including phenoxy) is 1. The van der Waals surface area contributed by atoms with Gasteiger partial charge in [-0.3, -0.25) is 0 Å². The van der Waals surface area contributed by atoms with Gasteiger partial charge in [0, 0.05) is 30.4 Å². The number of pyridine rings is 1. The molecule has 0 aromatic carbocycles. The number of fused-ring (bicyclic) bond motifs is 2. The first kappa shape index (κ1) is 16.4. The van der Waals surface area contributed by atoms with E-state index in [0.717, 1.165) is 28.0 Å². The van der Waals surface area contributed by atoms with E-state index in [9.17, 15) is 0 Å². The standard InChI is InChI=1S/C18H16N8O2/c1-10-22-17-14(25(10)8-15-24-23-11(2)28-15)6-12(7-19-17)13-4-5-26-16(13)18(27-3)20-9-21-26/h4-7,9H,8H2,1-3H3. The summed E-state index contributed by atoms with van der Waals surface area (Å²) in [6.45, 7) is 4.12. The summed E-state index contributed by atoms with van der Waals surface area (Å²) in [5, 5.41) is 12.2. The van der Waals surface area contributed by atoms with Crippen molar-refractivity contribution in [1.29, 1.82) is 0 Å². The summed E-state index contributed by atoms with van der Waals surface area (Å²) in [5.41, 5.74) is 4.14. The molecule has 0 saturated heterocycles. The maximum absolute atomic E-state index is 5.52. The lowest BCUT2D eigenvalue weighted by Crippen LogP contribution is -2.02. The van der Waals surface area contributed by atoms with E-state index in [1.165, 1.54) is 6.33 Å². The fourth-order valence-corrected chi connectivity index (χ4v) is 3.31. The molecule has 10 nitrogen and oxygen atoms in total. The normalized spacial score (nSPS) is 11.5. The van der Waals surface area contributed by atoms with Crippen molar-refractivity contribution < 1.29 is 9.15 Å². The number of methoxy groups -OCH3 is 1. The third kappa shape index (κ3) is 2.49. The van der Waals surface area contributed by atoms with E-state index in [2.05, 4.69) is 30.2 Å². The molecule has 0 fully saturated rings. The van der Waals surface area contributed by atoms with Gasteiger partial charge in [0.05, 0.1) is 12.6 Å². The smallest absolute Gasteiger partial charge is 0.241 e. The lowest BCUT2D eigenvalue weighted by atomic mass is 10.1. The molecule has 5 rings (SSSR count). The highest BCUT2D eigenvalue weighted by atomic mass is 16.5. The molecule has 5 aromatic heterocycles. The Bertz CT molecular complexity index is 1320. The molecule has 140 valence electrons. The van der Waals surface area contributed by atoms with Crippen molar-refractivity contribution in [3.05, 3.63) is 48.5 Å². The van der Waals surface area contributed by atoms with Crippen molar-refractivity contribution in [3.8, 4) is 17.0 Å². The number of imidazole rings is 1. The van der Waals surface area contributed by atoms with Crippen molar-refractivity contribution in [2.45, 2.75) is 20.4 Å². The van der Waals surface area contributed by atoms with Gasteiger partial charge >= 0.3 is 0 Å². The van der Waals surface area contributed by atoms with Crippen LogP contribution < -0.4 is 4.74 Å². The van der Waals surface area contributed by atoms with Crippen LogP contribution in [0.2, 0.25) is 0 Å². The van der Waals surface area contributed by atoms with Crippen LogP contribution >= 0.6 is 0 Å². The Kier molecular flexibility index (Phi) is 3.57. The molecule has 0 bridgehead atoms. The summed E-state index contributed by atoms with van der Waals surface area (Å²) in [6, 6.07) is 4.00. The lowest BCUT2D eigenvalue weighted by molar-refractivity contribution is 0.399. The molecule has 0 aliphatic carbocycles. The van der Waals surface area contributed by atoms with E-state index < -0.39 is 0 Å². The van der Waals surface area contributed by atoms with Gasteiger partial charge in [-0.2, -0.15) is 10.1 Å². The molecule has 0 amide bonds. The molecule has 0 saturated carbocycles. The monoisotopic (exact) mass is 376 g/mol. The van der Waals surface area contributed by atoms with E-state index in [0.29, 0.717) is 29.9 Å². The average molecular weight is 376 g/mol. The Labute approximate surface area is 158 Å². The summed E-state index contributed by atoms with van der Waals surface area (Å²) in [7, 11) is 1.59. The van der Waals surface area contributed by atoms with Gasteiger partial charge in [-0.25, -0.2) is 14.5 Å². The van der Waals surface area contributed by atoms with E-state index in [1.54, 1.807) is 24.7 Å². The molecule has 0 aliphatic rings. The number of aromatic nitrogens is 8. The molecule has 0 unspecified atom stereocenters. The minimum atomic E-state index is 0.428. The maximum atomic E-state index is 5.52. The number of aryl methyl sites for hydroxylation is 2. The highest BCUT2D eigenvalue weighted by Crippen LogP contribution is 2.31. The molecule has 0 radical (unpaired) electrons. The third-order valence-electron chi connectivity index (χ3n) is 4.58. The van der Waals surface area contributed by atoms with Crippen molar-refractivity contribution in [1.82, 2.24) is 39.3 Å². The zero-order valence-corrected chi connectivity index (χ0v) is 15.5. The Hall–Kier alpha value is -3.82. The minimum Gasteiger partial charge on any atom is -0.479 e. The predicted octanol–water partition coefficient (Wildman–Crippen LogP) is 2.20. The molecule has 5 aromatic rings.